The fourth-order valence-corrected chi connectivity index (χ4v) is 2.81. The lowest BCUT2D eigenvalue weighted by Gasteiger charge is -2.38. The van der Waals surface area contributed by atoms with Gasteiger partial charge in [0, 0.05) is 5.92 Å². The van der Waals surface area contributed by atoms with Gasteiger partial charge in [0.1, 0.15) is 11.9 Å². The van der Waals surface area contributed by atoms with E-state index in [2.05, 4.69) is 18.2 Å². The van der Waals surface area contributed by atoms with Crippen molar-refractivity contribution in [3.8, 4) is 5.75 Å². The molecular weight excluding hydrogens is 188 g/mol. The molecule has 0 spiro atoms. The van der Waals surface area contributed by atoms with E-state index in [9.17, 15) is 5.11 Å². The first-order valence-electron chi connectivity index (χ1n) is 5.75. The average molecular weight is 204 g/mol. The van der Waals surface area contributed by atoms with Gasteiger partial charge >= 0.3 is 0 Å². The summed E-state index contributed by atoms with van der Waals surface area (Å²) in [5.41, 5.74) is 1.30. The number of hydrogen-bond acceptors (Lipinski definition) is 2. The minimum absolute atomic E-state index is 0.111. The fourth-order valence-electron chi connectivity index (χ4n) is 2.81. The van der Waals surface area contributed by atoms with Crippen molar-refractivity contribution in [2.75, 3.05) is 0 Å². The monoisotopic (exact) mass is 204 g/mol. The van der Waals surface area contributed by atoms with Crippen LogP contribution in [0, 0.1) is 5.92 Å². The number of aliphatic hydroxyl groups excluding tert-OH is 1. The first-order valence-corrected chi connectivity index (χ1v) is 5.75. The first kappa shape index (κ1) is 9.22. The Hall–Kier alpha value is -1.02. The highest BCUT2D eigenvalue weighted by atomic mass is 16.5. The molecule has 3 unspecified atom stereocenters. The third-order valence-corrected chi connectivity index (χ3v) is 3.62. The van der Waals surface area contributed by atoms with Crippen LogP contribution in [0.1, 0.15) is 24.8 Å². The molecule has 0 amide bonds. The molecule has 3 atom stereocenters. The molecule has 2 aliphatic rings. The van der Waals surface area contributed by atoms with Gasteiger partial charge in [-0.3, -0.25) is 0 Å². The summed E-state index contributed by atoms with van der Waals surface area (Å²) in [5.74, 6) is 1.57. The van der Waals surface area contributed by atoms with E-state index in [-0.39, 0.29) is 6.10 Å². The number of para-hydroxylation sites is 1. The van der Waals surface area contributed by atoms with Crippen LogP contribution in [0.15, 0.2) is 24.3 Å². The molecule has 1 aromatic rings. The zero-order chi connectivity index (χ0) is 10.3. The summed E-state index contributed by atoms with van der Waals surface area (Å²) >= 11 is 0. The van der Waals surface area contributed by atoms with Crippen molar-refractivity contribution in [1.29, 1.82) is 0 Å². The van der Waals surface area contributed by atoms with Crippen molar-refractivity contribution in [1.82, 2.24) is 0 Å². The zero-order valence-electron chi connectivity index (χ0n) is 8.73. The van der Waals surface area contributed by atoms with Crippen LogP contribution in [0.2, 0.25) is 0 Å². The third kappa shape index (κ3) is 1.63. The van der Waals surface area contributed by atoms with Gasteiger partial charge in [-0.25, -0.2) is 0 Å². The second kappa shape index (κ2) is 3.53. The fraction of sp³-hybridized carbons (Fsp3) is 0.538. The Kier molecular flexibility index (Phi) is 2.17. The molecule has 0 radical (unpaired) electrons. The molecule has 1 N–H and O–H groups in total. The Morgan fingerprint density at radius 1 is 1.20 bits per heavy atom. The van der Waals surface area contributed by atoms with Crippen molar-refractivity contribution in [2.45, 2.75) is 37.9 Å². The van der Waals surface area contributed by atoms with Crippen molar-refractivity contribution >= 4 is 0 Å². The number of ether oxygens (including phenoxy) is 1. The first-order chi connectivity index (χ1) is 7.33. The van der Waals surface area contributed by atoms with Gasteiger partial charge in [-0.05, 0) is 37.3 Å². The Labute approximate surface area is 89.9 Å². The van der Waals surface area contributed by atoms with Crippen LogP contribution >= 0.6 is 0 Å². The van der Waals surface area contributed by atoms with E-state index in [1.807, 2.05) is 6.07 Å². The quantitative estimate of drug-likeness (QED) is 0.701. The van der Waals surface area contributed by atoms with Crippen LogP contribution in [0.4, 0.5) is 0 Å². The molecule has 1 aromatic carbocycles. The van der Waals surface area contributed by atoms with Crippen LogP contribution < -0.4 is 4.74 Å². The zero-order valence-corrected chi connectivity index (χ0v) is 8.73. The molecule has 0 saturated heterocycles. The maximum Gasteiger partial charge on any atom is 0.122 e. The second-order valence-electron chi connectivity index (χ2n) is 4.70. The molecule has 2 heteroatoms. The number of rotatable bonds is 0. The molecule has 0 bridgehead atoms. The Morgan fingerprint density at radius 2 is 2.07 bits per heavy atom. The Morgan fingerprint density at radius 3 is 3.00 bits per heavy atom. The van der Waals surface area contributed by atoms with Crippen LogP contribution in [0.25, 0.3) is 0 Å². The summed E-state index contributed by atoms with van der Waals surface area (Å²) in [4.78, 5) is 0. The molecule has 2 nitrogen and oxygen atoms in total. The van der Waals surface area contributed by atoms with Gasteiger partial charge in [0.25, 0.3) is 0 Å². The summed E-state index contributed by atoms with van der Waals surface area (Å²) in [7, 11) is 0. The maximum absolute atomic E-state index is 9.64. The van der Waals surface area contributed by atoms with Gasteiger partial charge in [-0.2, -0.15) is 0 Å². The molecule has 15 heavy (non-hydrogen) atoms. The highest BCUT2D eigenvalue weighted by Gasteiger charge is 2.34. The number of aliphatic hydroxyl groups is 1. The second-order valence-corrected chi connectivity index (χ2v) is 4.70. The predicted octanol–water partition coefficient (Wildman–Crippen LogP) is 2.15. The standard InChI is InChI=1S/C13H16O2/c14-11-5-6-13-10(8-11)7-9-3-1-2-4-12(9)15-13/h1-4,10-11,13-14H,5-8H2. The van der Waals surface area contributed by atoms with Crippen LogP contribution in [0.5, 0.6) is 5.75 Å². The van der Waals surface area contributed by atoms with Crippen LogP contribution in [0.3, 0.4) is 0 Å². The average Bonchev–Trinajstić information content (AvgIpc) is 2.26. The lowest BCUT2D eigenvalue weighted by Crippen LogP contribution is -2.39. The van der Waals surface area contributed by atoms with Gasteiger partial charge in [0.2, 0.25) is 0 Å². The van der Waals surface area contributed by atoms with Crippen molar-refractivity contribution < 1.29 is 9.84 Å². The highest BCUT2D eigenvalue weighted by Crippen LogP contribution is 2.37. The van der Waals surface area contributed by atoms with Crippen LogP contribution in [-0.4, -0.2) is 17.3 Å². The van der Waals surface area contributed by atoms with Crippen LogP contribution in [-0.2, 0) is 6.42 Å². The summed E-state index contributed by atoms with van der Waals surface area (Å²) in [6, 6.07) is 8.27. The molecule has 1 aliphatic heterocycles. The molecule has 1 saturated carbocycles. The van der Waals surface area contributed by atoms with Crippen molar-refractivity contribution in [3.05, 3.63) is 29.8 Å². The van der Waals surface area contributed by atoms with Gasteiger partial charge in [0.15, 0.2) is 0 Å². The minimum Gasteiger partial charge on any atom is -0.490 e. The summed E-state index contributed by atoms with van der Waals surface area (Å²) in [6.07, 6.45) is 4.09. The lowest BCUT2D eigenvalue weighted by atomic mass is 9.79. The molecule has 80 valence electrons. The summed E-state index contributed by atoms with van der Waals surface area (Å²) < 4.78 is 5.97. The largest absolute Gasteiger partial charge is 0.490 e. The molecule has 1 fully saturated rings. The van der Waals surface area contributed by atoms with E-state index in [0.29, 0.717) is 12.0 Å². The SMILES string of the molecule is OC1CCC2Oc3ccccc3CC2C1. The molecular formula is C13H16O2. The lowest BCUT2D eigenvalue weighted by molar-refractivity contribution is 0.0106. The van der Waals surface area contributed by atoms with E-state index in [0.717, 1.165) is 31.4 Å². The van der Waals surface area contributed by atoms with Gasteiger partial charge in [-0.15, -0.1) is 0 Å². The minimum atomic E-state index is -0.111. The third-order valence-electron chi connectivity index (χ3n) is 3.62. The van der Waals surface area contributed by atoms with Crippen molar-refractivity contribution in [2.24, 2.45) is 5.92 Å². The normalized spacial score (nSPS) is 33.8. The van der Waals surface area contributed by atoms with E-state index in [4.69, 9.17) is 4.74 Å². The number of hydrogen-bond donors (Lipinski definition) is 1. The van der Waals surface area contributed by atoms with E-state index in [1.54, 1.807) is 0 Å². The topological polar surface area (TPSA) is 29.5 Å². The van der Waals surface area contributed by atoms with E-state index >= 15 is 0 Å². The van der Waals surface area contributed by atoms with Gasteiger partial charge in [-0.1, -0.05) is 18.2 Å². The number of fused-ring (bicyclic) bond motifs is 2. The smallest absolute Gasteiger partial charge is 0.122 e. The molecule has 1 aliphatic carbocycles. The summed E-state index contributed by atoms with van der Waals surface area (Å²) in [6.45, 7) is 0. The van der Waals surface area contributed by atoms with Gasteiger partial charge in [0.05, 0.1) is 6.10 Å². The van der Waals surface area contributed by atoms with Gasteiger partial charge < -0.3 is 9.84 Å². The molecule has 1 heterocycles. The highest BCUT2D eigenvalue weighted by molar-refractivity contribution is 5.35. The maximum atomic E-state index is 9.64. The Balaban J connectivity index is 1.87. The van der Waals surface area contributed by atoms with E-state index < -0.39 is 0 Å². The van der Waals surface area contributed by atoms with E-state index in [1.165, 1.54) is 5.56 Å². The van der Waals surface area contributed by atoms with Crippen molar-refractivity contribution in [3.63, 3.8) is 0 Å². The number of benzene rings is 1. The molecule has 0 aromatic heterocycles. The predicted molar refractivity (Wildman–Crippen MR) is 57.9 cm³/mol. The Bertz CT molecular complexity index is 361. The summed E-state index contributed by atoms with van der Waals surface area (Å²) in [5, 5.41) is 9.64. The molecule has 3 rings (SSSR count).